The molecule has 2 rings (SSSR count). The predicted octanol–water partition coefficient (Wildman–Crippen LogP) is 2.63. The SMILES string of the molecule is N#CC1CCCN(S(=O)(=O)c2cccc(C(F)(F)F)c2)C1. The molecule has 0 aromatic heterocycles. The molecule has 1 fully saturated rings. The minimum atomic E-state index is -4.59. The molecular weight excluding hydrogens is 305 g/mol. The van der Waals surface area contributed by atoms with Crippen molar-refractivity contribution in [2.24, 2.45) is 5.92 Å². The van der Waals surface area contributed by atoms with Crippen molar-refractivity contribution < 1.29 is 21.6 Å². The summed E-state index contributed by atoms with van der Waals surface area (Å²) in [6.07, 6.45) is -3.47. The van der Waals surface area contributed by atoms with Gasteiger partial charge in [-0.3, -0.25) is 0 Å². The van der Waals surface area contributed by atoms with Crippen LogP contribution in [0.3, 0.4) is 0 Å². The third-order valence-electron chi connectivity index (χ3n) is 3.37. The van der Waals surface area contributed by atoms with Crippen LogP contribution in [0.2, 0.25) is 0 Å². The lowest BCUT2D eigenvalue weighted by atomic mass is 10.0. The first-order chi connectivity index (χ1) is 9.75. The monoisotopic (exact) mass is 318 g/mol. The molecule has 1 aliphatic heterocycles. The van der Waals surface area contributed by atoms with Crippen LogP contribution in [0.5, 0.6) is 0 Å². The largest absolute Gasteiger partial charge is 0.416 e. The second kappa shape index (κ2) is 5.66. The molecule has 0 bridgehead atoms. The zero-order chi connectivity index (χ0) is 15.7. The lowest BCUT2D eigenvalue weighted by Crippen LogP contribution is -2.39. The van der Waals surface area contributed by atoms with Crippen LogP contribution in [0.15, 0.2) is 29.2 Å². The van der Waals surface area contributed by atoms with Crippen LogP contribution in [0, 0.1) is 17.2 Å². The lowest BCUT2D eigenvalue weighted by molar-refractivity contribution is -0.137. The molecule has 0 N–H and O–H groups in total. The Hall–Kier alpha value is -1.59. The zero-order valence-corrected chi connectivity index (χ0v) is 11.8. The van der Waals surface area contributed by atoms with E-state index in [4.69, 9.17) is 5.26 Å². The van der Waals surface area contributed by atoms with Crippen molar-refractivity contribution in [2.45, 2.75) is 23.9 Å². The highest BCUT2D eigenvalue weighted by Gasteiger charge is 2.34. The van der Waals surface area contributed by atoms with Crippen LogP contribution in [0.4, 0.5) is 13.2 Å². The van der Waals surface area contributed by atoms with Crippen LogP contribution < -0.4 is 0 Å². The highest BCUT2D eigenvalue weighted by atomic mass is 32.2. The number of nitriles is 1. The standard InChI is InChI=1S/C13H13F3N2O2S/c14-13(15,16)11-4-1-5-12(7-11)21(19,20)18-6-2-3-10(8-17)9-18/h1,4-5,7,10H,2-3,6,9H2. The second-order valence-electron chi connectivity index (χ2n) is 4.86. The van der Waals surface area contributed by atoms with Gasteiger partial charge < -0.3 is 0 Å². The van der Waals surface area contributed by atoms with Gasteiger partial charge in [-0.2, -0.15) is 22.7 Å². The van der Waals surface area contributed by atoms with E-state index in [1.54, 1.807) is 0 Å². The van der Waals surface area contributed by atoms with Gasteiger partial charge in [-0.05, 0) is 31.0 Å². The van der Waals surface area contributed by atoms with Crippen molar-refractivity contribution in [3.8, 4) is 6.07 Å². The van der Waals surface area contributed by atoms with E-state index in [-0.39, 0.29) is 13.1 Å². The van der Waals surface area contributed by atoms with Crippen LogP contribution in [0.1, 0.15) is 18.4 Å². The van der Waals surface area contributed by atoms with E-state index in [2.05, 4.69) is 0 Å². The Morgan fingerprint density at radius 2 is 2.05 bits per heavy atom. The van der Waals surface area contributed by atoms with Gasteiger partial charge in [-0.1, -0.05) is 6.07 Å². The smallest absolute Gasteiger partial charge is 0.207 e. The summed E-state index contributed by atoms with van der Waals surface area (Å²) in [5.74, 6) is -0.417. The molecule has 0 radical (unpaired) electrons. The molecule has 114 valence electrons. The summed E-state index contributed by atoms with van der Waals surface area (Å²) in [5.41, 5.74) is -1.00. The van der Waals surface area contributed by atoms with Gasteiger partial charge in [-0.15, -0.1) is 0 Å². The Kier molecular flexibility index (Phi) is 4.25. The molecule has 4 nitrogen and oxygen atoms in total. The Morgan fingerprint density at radius 1 is 1.33 bits per heavy atom. The number of halogens is 3. The molecular formula is C13H13F3N2O2S. The minimum absolute atomic E-state index is 0.0229. The van der Waals surface area contributed by atoms with Crippen molar-refractivity contribution in [3.05, 3.63) is 29.8 Å². The maximum atomic E-state index is 12.7. The highest BCUT2D eigenvalue weighted by Crippen LogP contribution is 2.31. The molecule has 1 aromatic rings. The first-order valence-electron chi connectivity index (χ1n) is 6.32. The van der Waals surface area contributed by atoms with Gasteiger partial charge in [0.1, 0.15) is 0 Å². The topological polar surface area (TPSA) is 61.2 Å². The van der Waals surface area contributed by atoms with E-state index >= 15 is 0 Å². The Balaban J connectivity index is 2.34. The van der Waals surface area contributed by atoms with Crippen molar-refractivity contribution in [1.82, 2.24) is 4.31 Å². The van der Waals surface area contributed by atoms with E-state index in [1.165, 1.54) is 0 Å². The number of benzene rings is 1. The third kappa shape index (κ3) is 3.36. The molecule has 1 heterocycles. The summed E-state index contributed by atoms with van der Waals surface area (Å²) >= 11 is 0. The van der Waals surface area contributed by atoms with Crippen LogP contribution in [-0.4, -0.2) is 25.8 Å². The van der Waals surface area contributed by atoms with Crippen molar-refractivity contribution in [1.29, 1.82) is 5.26 Å². The second-order valence-corrected chi connectivity index (χ2v) is 6.79. The zero-order valence-electron chi connectivity index (χ0n) is 11.0. The van der Waals surface area contributed by atoms with E-state index in [1.807, 2.05) is 6.07 Å². The molecule has 1 aliphatic rings. The van der Waals surface area contributed by atoms with Gasteiger partial charge in [0.25, 0.3) is 0 Å². The molecule has 0 saturated carbocycles. The van der Waals surface area contributed by atoms with Gasteiger partial charge in [-0.25, -0.2) is 8.42 Å². The molecule has 21 heavy (non-hydrogen) atoms. The number of piperidine rings is 1. The summed E-state index contributed by atoms with van der Waals surface area (Å²) in [6, 6.07) is 5.67. The maximum absolute atomic E-state index is 12.7. The van der Waals surface area contributed by atoms with E-state index < -0.39 is 32.6 Å². The summed E-state index contributed by atoms with van der Waals surface area (Å²) in [6.45, 7) is 0.242. The molecule has 8 heteroatoms. The average molecular weight is 318 g/mol. The molecule has 1 unspecified atom stereocenters. The molecule has 1 aromatic carbocycles. The maximum Gasteiger partial charge on any atom is 0.416 e. The van der Waals surface area contributed by atoms with Crippen molar-refractivity contribution in [3.63, 3.8) is 0 Å². The van der Waals surface area contributed by atoms with Gasteiger partial charge in [0.05, 0.1) is 22.4 Å². The van der Waals surface area contributed by atoms with E-state index in [9.17, 15) is 21.6 Å². The third-order valence-corrected chi connectivity index (χ3v) is 5.23. The molecule has 0 aliphatic carbocycles. The van der Waals surface area contributed by atoms with Gasteiger partial charge >= 0.3 is 6.18 Å². The van der Waals surface area contributed by atoms with E-state index in [0.717, 1.165) is 22.5 Å². The summed E-state index contributed by atoms with van der Waals surface area (Å²) in [7, 11) is -4.01. The normalized spacial score (nSPS) is 21.0. The lowest BCUT2D eigenvalue weighted by Gasteiger charge is -2.28. The number of sulfonamides is 1. The van der Waals surface area contributed by atoms with Gasteiger partial charge in [0.15, 0.2) is 0 Å². The fourth-order valence-electron chi connectivity index (χ4n) is 2.25. The van der Waals surface area contributed by atoms with Crippen molar-refractivity contribution in [2.75, 3.05) is 13.1 Å². The van der Waals surface area contributed by atoms with Crippen molar-refractivity contribution >= 4 is 10.0 Å². The van der Waals surface area contributed by atoms with E-state index in [0.29, 0.717) is 18.9 Å². The number of hydrogen-bond donors (Lipinski definition) is 0. The number of nitrogens with zero attached hydrogens (tertiary/aromatic N) is 2. The van der Waals surface area contributed by atoms with Gasteiger partial charge in [0.2, 0.25) is 10.0 Å². The first-order valence-corrected chi connectivity index (χ1v) is 7.76. The quantitative estimate of drug-likeness (QED) is 0.842. The summed E-state index contributed by atoms with van der Waals surface area (Å²) in [4.78, 5) is -0.393. The number of hydrogen-bond acceptors (Lipinski definition) is 3. The summed E-state index contributed by atoms with van der Waals surface area (Å²) < 4.78 is 63.8. The molecule has 1 atom stereocenters. The Morgan fingerprint density at radius 3 is 2.67 bits per heavy atom. The summed E-state index contributed by atoms with van der Waals surface area (Å²) in [5, 5.41) is 8.88. The average Bonchev–Trinajstić information content (AvgIpc) is 2.46. The minimum Gasteiger partial charge on any atom is -0.207 e. The number of rotatable bonds is 2. The van der Waals surface area contributed by atoms with Crippen LogP contribution >= 0.6 is 0 Å². The Labute approximate surface area is 120 Å². The van der Waals surface area contributed by atoms with Crippen LogP contribution in [-0.2, 0) is 16.2 Å². The molecule has 0 spiro atoms. The molecule has 1 saturated heterocycles. The molecule has 0 amide bonds. The fourth-order valence-corrected chi connectivity index (χ4v) is 3.82. The van der Waals surface area contributed by atoms with Gasteiger partial charge in [0, 0.05) is 13.1 Å². The highest BCUT2D eigenvalue weighted by molar-refractivity contribution is 7.89. The Bertz CT molecular complexity index is 665. The fraction of sp³-hybridized carbons (Fsp3) is 0.462. The number of alkyl halides is 3. The first kappa shape index (κ1) is 15.8. The predicted molar refractivity (Wildman–Crippen MR) is 68.5 cm³/mol. The van der Waals surface area contributed by atoms with Crippen LogP contribution in [0.25, 0.3) is 0 Å².